The number of ether oxygens (including phenoxy) is 1. The smallest absolute Gasteiger partial charge is 0.310 e. The average Bonchev–Trinajstić information content (AvgIpc) is 1.87. The number of hydrogen-bond donors (Lipinski definition) is 0. The minimum Gasteiger partial charge on any atom is -0.469 e. The first-order valence-electron chi connectivity index (χ1n) is 2.41. The van der Waals surface area contributed by atoms with Gasteiger partial charge in [0.1, 0.15) is 0 Å². The third kappa shape index (κ3) is 4.03. The van der Waals surface area contributed by atoms with Gasteiger partial charge in [0.2, 0.25) is 0 Å². The van der Waals surface area contributed by atoms with Gasteiger partial charge in [-0.05, 0) is 6.92 Å². The van der Waals surface area contributed by atoms with Gasteiger partial charge < -0.3 is 4.74 Å². The van der Waals surface area contributed by atoms with E-state index in [1.165, 1.54) is 13.2 Å². The summed E-state index contributed by atoms with van der Waals surface area (Å²) >= 11 is 5.44. The normalized spacial score (nSPS) is 11.2. The van der Waals surface area contributed by atoms with Crippen molar-refractivity contribution in [1.29, 1.82) is 0 Å². The fraction of sp³-hybridized carbons (Fsp3) is 0.333. The predicted molar refractivity (Wildman–Crippen MR) is 35.9 cm³/mol. The topological polar surface area (TPSA) is 26.3 Å². The van der Waals surface area contributed by atoms with E-state index in [0.717, 1.165) is 0 Å². The van der Waals surface area contributed by atoms with Gasteiger partial charge in [0.05, 0.1) is 13.5 Å². The molecule has 0 aromatic carbocycles. The Morgan fingerprint density at radius 1 is 1.89 bits per heavy atom. The van der Waals surface area contributed by atoms with Crippen LogP contribution in [0.25, 0.3) is 0 Å². The maximum atomic E-state index is 10.4. The van der Waals surface area contributed by atoms with E-state index in [1.807, 2.05) is 0 Å². The molecule has 0 N–H and O–H groups in total. The maximum absolute atomic E-state index is 10.4. The number of allylic oxidation sites excluding steroid dienone is 1. The summed E-state index contributed by atoms with van der Waals surface area (Å²) in [4.78, 5) is 10.4. The Bertz CT molecular complexity index is 129. The predicted octanol–water partition coefficient (Wildman–Crippen LogP) is 1.51. The molecule has 0 aromatic heterocycles. The van der Waals surface area contributed by atoms with Crippen LogP contribution in [0.3, 0.4) is 0 Å². The van der Waals surface area contributed by atoms with Crippen molar-refractivity contribution in [1.82, 2.24) is 0 Å². The van der Waals surface area contributed by atoms with E-state index in [4.69, 9.17) is 11.6 Å². The summed E-state index contributed by atoms with van der Waals surface area (Å²) in [5, 5.41) is 0.404. The lowest BCUT2D eigenvalue weighted by atomic mass is 10.4. The van der Waals surface area contributed by atoms with Crippen LogP contribution in [0, 0.1) is 6.92 Å². The highest BCUT2D eigenvalue weighted by Gasteiger charge is 2.00. The third-order valence-corrected chi connectivity index (χ3v) is 1.05. The zero-order valence-electron chi connectivity index (χ0n) is 5.19. The molecule has 0 rings (SSSR count). The van der Waals surface area contributed by atoms with Crippen LogP contribution in [0.2, 0.25) is 0 Å². The van der Waals surface area contributed by atoms with Crippen LogP contribution in [0.1, 0.15) is 6.42 Å². The fourth-order valence-corrected chi connectivity index (χ4v) is 0.391. The van der Waals surface area contributed by atoms with Gasteiger partial charge in [-0.1, -0.05) is 17.7 Å². The van der Waals surface area contributed by atoms with Crippen LogP contribution < -0.4 is 0 Å². The van der Waals surface area contributed by atoms with Gasteiger partial charge in [0.15, 0.2) is 0 Å². The van der Waals surface area contributed by atoms with Gasteiger partial charge in [-0.25, -0.2) is 0 Å². The van der Waals surface area contributed by atoms with Crippen molar-refractivity contribution in [2.75, 3.05) is 7.11 Å². The summed E-state index contributed by atoms with van der Waals surface area (Å²) in [5.41, 5.74) is 0. The molecule has 0 fully saturated rings. The van der Waals surface area contributed by atoms with Crippen LogP contribution in [0.5, 0.6) is 0 Å². The second-order valence-electron chi connectivity index (χ2n) is 1.40. The molecule has 2 nitrogen and oxygen atoms in total. The maximum Gasteiger partial charge on any atom is 0.310 e. The number of hydrogen-bond acceptors (Lipinski definition) is 2. The Labute approximate surface area is 59.5 Å². The summed E-state index contributed by atoms with van der Waals surface area (Å²) in [6.45, 7) is 3.37. The van der Waals surface area contributed by atoms with Gasteiger partial charge in [-0.2, -0.15) is 0 Å². The molecule has 0 aliphatic carbocycles. The highest BCUT2D eigenvalue weighted by molar-refractivity contribution is 6.30. The van der Waals surface area contributed by atoms with Gasteiger partial charge in [0, 0.05) is 5.03 Å². The summed E-state index contributed by atoms with van der Waals surface area (Å²) in [7, 11) is 1.32. The van der Waals surface area contributed by atoms with E-state index in [2.05, 4.69) is 11.7 Å². The number of rotatable bonds is 2. The Hall–Kier alpha value is -0.500. The first-order chi connectivity index (χ1) is 4.20. The van der Waals surface area contributed by atoms with Gasteiger partial charge in [-0.3, -0.25) is 4.79 Å². The first-order valence-corrected chi connectivity index (χ1v) is 2.79. The van der Waals surface area contributed by atoms with Crippen LogP contribution >= 0.6 is 11.6 Å². The summed E-state index contributed by atoms with van der Waals surface area (Å²) in [6.07, 6.45) is 1.53. The molecule has 0 saturated heterocycles. The molecule has 51 valence electrons. The molecule has 0 aliphatic heterocycles. The van der Waals surface area contributed by atoms with Crippen LogP contribution in [-0.2, 0) is 9.53 Å². The largest absolute Gasteiger partial charge is 0.469 e. The summed E-state index contributed by atoms with van der Waals surface area (Å²) < 4.78 is 4.33. The van der Waals surface area contributed by atoms with E-state index in [0.29, 0.717) is 5.03 Å². The van der Waals surface area contributed by atoms with Gasteiger partial charge >= 0.3 is 5.97 Å². The third-order valence-electron chi connectivity index (χ3n) is 0.762. The van der Waals surface area contributed by atoms with E-state index in [-0.39, 0.29) is 12.4 Å². The molecule has 0 aliphatic rings. The Balaban J connectivity index is 3.60. The van der Waals surface area contributed by atoms with E-state index < -0.39 is 0 Å². The van der Waals surface area contributed by atoms with E-state index in [9.17, 15) is 4.79 Å². The second kappa shape index (κ2) is 4.39. The molecule has 0 unspecified atom stereocenters. The van der Waals surface area contributed by atoms with E-state index >= 15 is 0 Å². The lowest BCUT2D eigenvalue weighted by Crippen LogP contribution is -1.98. The number of carbonyl (C=O) groups excluding carboxylic acids is 1. The molecule has 0 heterocycles. The molecule has 0 aromatic rings. The standard InChI is InChI=1S/C6H8ClO2/c1-3-5(7)4-6(8)9-2/h3H,1,4H2,2H3/b5-3-. The Morgan fingerprint density at radius 3 is 2.78 bits per heavy atom. The lowest BCUT2D eigenvalue weighted by molar-refractivity contribution is -0.139. The Morgan fingerprint density at radius 2 is 2.44 bits per heavy atom. The molecular formula is C6H8ClO2. The average molecular weight is 148 g/mol. The molecule has 0 spiro atoms. The van der Waals surface area contributed by atoms with Crippen molar-refractivity contribution in [3.05, 3.63) is 18.0 Å². The first kappa shape index (κ1) is 8.50. The number of methoxy groups -OCH3 is 1. The lowest BCUT2D eigenvalue weighted by Gasteiger charge is -1.94. The van der Waals surface area contributed by atoms with Gasteiger partial charge in [-0.15, -0.1) is 0 Å². The molecule has 0 saturated carbocycles. The fourth-order valence-electron chi connectivity index (χ4n) is 0.282. The van der Waals surface area contributed by atoms with Crippen molar-refractivity contribution >= 4 is 17.6 Å². The summed E-state index contributed by atoms with van der Waals surface area (Å²) in [5.74, 6) is -0.347. The molecular weight excluding hydrogens is 140 g/mol. The minimum absolute atomic E-state index is 0.113. The van der Waals surface area contributed by atoms with Crippen LogP contribution in [0.15, 0.2) is 11.1 Å². The van der Waals surface area contributed by atoms with Gasteiger partial charge in [0.25, 0.3) is 0 Å². The molecule has 0 amide bonds. The highest BCUT2D eigenvalue weighted by Crippen LogP contribution is 2.06. The monoisotopic (exact) mass is 147 g/mol. The van der Waals surface area contributed by atoms with Crippen molar-refractivity contribution in [2.24, 2.45) is 0 Å². The highest BCUT2D eigenvalue weighted by atomic mass is 35.5. The zero-order valence-corrected chi connectivity index (χ0v) is 5.94. The Kier molecular flexibility index (Phi) is 4.14. The zero-order chi connectivity index (χ0) is 7.28. The molecule has 0 bridgehead atoms. The quantitative estimate of drug-likeness (QED) is 0.554. The van der Waals surface area contributed by atoms with Crippen molar-refractivity contribution in [2.45, 2.75) is 6.42 Å². The van der Waals surface area contributed by atoms with Crippen molar-refractivity contribution < 1.29 is 9.53 Å². The number of carbonyl (C=O) groups is 1. The van der Waals surface area contributed by atoms with E-state index in [1.54, 1.807) is 0 Å². The minimum atomic E-state index is -0.347. The second-order valence-corrected chi connectivity index (χ2v) is 1.89. The SMILES string of the molecule is [CH2]/C=C(\Cl)CC(=O)OC. The molecule has 9 heavy (non-hydrogen) atoms. The number of esters is 1. The molecule has 3 heteroatoms. The molecule has 1 radical (unpaired) electrons. The van der Waals surface area contributed by atoms with Crippen molar-refractivity contribution in [3.8, 4) is 0 Å². The summed E-state index contributed by atoms with van der Waals surface area (Å²) in [6, 6.07) is 0. The number of halogens is 1. The molecule has 0 atom stereocenters. The van der Waals surface area contributed by atoms with Crippen LogP contribution in [-0.4, -0.2) is 13.1 Å². The van der Waals surface area contributed by atoms with Crippen LogP contribution in [0.4, 0.5) is 0 Å². The van der Waals surface area contributed by atoms with Crippen molar-refractivity contribution in [3.63, 3.8) is 0 Å².